The highest BCUT2D eigenvalue weighted by molar-refractivity contribution is 6.33. The number of benzene rings is 1. The number of hydrogen-bond donors (Lipinski definition) is 2. The summed E-state index contributed by atoms with van der Waals surface area (Å²) in [5.41, 5.74) is 1.55. The van der Waals surface area contributed by atoms with Gasteiger partial charge in [-0.3, -0.25) is 0 Å². The fraction of sp³-hybridized carbons (Fsp3) is 0. The van der Waals surface area contributed by atoms with Crippen molar-refractivity contribution in [2.24, 2.45) is 0 Å². The lowest BCUT2D eigenvalue weighted by molar-refractivity contribution is 0.0698. The first kappa shape index (κ1) is 9.80. The van der Waals surface area contributed by atoms with Crippen LogP contribution in [0.1, 0.15) is 10.4 Å². The van der Waals surface area contributed by atoms with Crippen molar-refractivity contribution in [2.75, 3.05) is 0 Å². The maximum Gasteiger partial charge on any atom is 0.337 e. The van der Waals surface area contributed by atoms with Crippen LogP contribution in [-0.2, 0) is 0 Å². The number of halogens is 1. The summed E-state index contributed by atoms with van der Waals surface area (Å²) in [6.07, 6.45) is 3.08. The van der Waals surface area contributed by atoms with Gasteiger partial charge in [0.15, 0.2) is 0 Å². The molecule has 0 aliphatic carbocycles. The fourth-order valence-electron chi connectivity index (χ4n) is 1.44. The average Bonchev–Trinajstić information content (AvgIpc) is 2.67. The van der Waals surface area contributed by atoms with E-state index in [2.05, 4.69) is 4.98 Å². The molecule has 0 saturated heterocycles. The van der Waals surface area contributed by atoms with Gasteiger partial charge in [-0.1, -0.05) is 29.8 Å². The number of carboxylic acids is 1. The number of aromatic nitrogens is 1. The van der Waals surface area contributed by atoms with Gasteiger partial charge in [0, 0.05) is 28.5 Å². The van der Waals surface area contributed by atoms with E-state index in [1.54, 1.807) is 24.4 Å². The summed E-state index contributed by atoms with van der Waals surface area (Å²) < 4.78 is 0. The molecule has 0 radical (unpaired) electrons. The van der Waals surface area contributed by atoms with Gasteiger partial charge in [0.25, 0.3) is 0 Å². The zero-order valence-corrected chi connectivity index (χ0v) is 8.45. The SMILES string of the molecule is O=C(O)c1c[nH]cc1-c1ccccc1Cl. The molecule has 0 unspecified atom stereocenters. The number of carbonyl (C=O) groups is 1. The Bertz CT molecular complexity index is 505. The van der Waals surface area contributed by atoms with Crippen molar-refractivity contribution in [3.05, 3.63) is 47.2 Å². The minimum Gasteiger partial charge on any atom is -0.478 e. The lowest BCUT2D eigenvalue weighted by Crippen LogP contribution is -1.95. The van der Waals surface area contributed by atoms with Crippen molar-refractivity contribution in [3.8, 4) is 11.1 Å². The topological polar surface area (TPSA) is 53.1 Å². The van der Waals surface area contributed by atoms with Crippen LogP contribution in [-0.4, -0.2) is 16.1 Å². The van der Waals surface area contributed by atoms with E-state index in [-0.39, 0.29) is 5.56 Å². The number of H-pyrrole nitrogens is 1. The molecule has 1 aromatic heterocycles. The van der Waals surface area contributed by atoms with E-state index in [1.165, 1.54) is 6.20 Å². The molecule has 1 heterocycles. The summed E-state index contributed by atoms with van der Waals surface area (Å²) in [6.45, 7) is 0. The maximum atomic E-state index is 10.9. The Morgan fingerprint density at radius 3 is 2.60 bits per heavy atom. The molecule has 0 atom stereocenters. The van der Waals surface area contributed by atoms with Gasteiger partial charge in [0.2, 0.25) is 0 Å². The van der Waals surface area contributed by atoms with E-state index in [4.69, 9.17) is 16.7 Å². The zero-order valence-electron chi connectivity index (χ0n) is 7.70. The van der Waals surface area contributed by atoms with Crippen molar-refractivity contribution < 1.29 is 9.90 Å². The average molecular weight is 222 g/mol. The van der Waals surface area contributed by atoms with Crippen molar-refractivity contribution in [3.63, 3.8) is 0 Å². The van der Waals surface area contributed by atoms with E-state index in [0.29, 0.717) is 10.6 Å². The number of nitrogens with one attached hydrogen (secondary N) is 1. The van der Waals surface area contributed by atoms with Gasteiger partial charge in [0.1, 0.15) is 0 Å². The Balaban J connectivity index is 2.59. The van der Waals surface area contributed by atoms with Crippen LogP contribution in [0.15, 0.2) is 36.7 Å². The van der Waals surface area contributed by atoms with Crippen LogP contribution in [0.25, 0.3) is 11.1 Å². The lowest BCUT2D eigenvalue weighted by atomic mass is 10.1. The first-order valence-corrected chi connectivity index (χ1v) is 4.73. The van der Waals surface area contributed by atoms with Crippen molar-refractivity contribution in [1.29, 1.82) is 0 Å². The summed E-state index contributed by atoms with van der Waals surface area (Å²) in [7, 11) is 0. The van der Waals surface area contributed by atoms with E-state index >= 15 is 0 Å². The molecule has 3 nitrogen and oxygen atoms in total. The molecule has 0 amide bonds. The van der Waals surface area contributed by atoms with Gasteiger partial charge >= 0.3 is 5.97 Å². The molecule has 0 spiro atoms. The van der Waals surface area contributed by atoms with E-state index in [9.17, 15) is 4.79 Å². The minimum atomic E-state index is -0.967. The van der Waals surface area contributed by atoms with Gasteiger partial charge in [-0.25, -0.2) is 4.79 Å². The molecule has 2 N–H and O–H groups in total. The Labute approximate surface area is 91.3 Å². The Hall–Kier alpha value is -1.74. The molecule has 4 heteroatoms. The minimum absolute atomic E-state index is 0.225. The van der Waals surface area contributed by atoms with Gasteiger partial charge in [-0.2, -0.15) is 0 Å². The normalized spacial score (nSPS) is 10.2. The Morgan fingerprint density at radius 1 is 1.20 bits per heavy atom. The maximum absolute atomic E-state index is 10.9. The van der Waals surface area contributed by atoms with E-state index < -0.39 is 5.97 Å². The fourth-order valence-corrected chi connectivity index (χ4v) is 1.68. The molecule has 2 rings (SSSR count). The molecule has 0 aliphatic rings. The quantitative estimate of drug-likeness (QED) is 0.819. The molecule has 0 fully saturated rings. The molecule has 0 saturated carbocycles. The largest absolute Gasteiger partial charge is 0.478 e. The lowest BCUT2D eigenvalue weighted by Gasteiger charge is -2.02. The third-order valence-corrected chi connectivity index (χ3v) is 2.47. The summed E-state index contributed by atoms with van der Waals surface area (Å²) >= 11 is 5.99. The van der Waals surface area contributed by atoms with Crippen LogP contribution < -0.4 is 0 Å². The van der Waals surface area contributed by atoms with Crippen molar-refractivity contribution in [1.82, 2.24) is 4.98 Å². The molecule has 0 bridgehead atoms. The van der Waals surface area contributed by atoms with E-state index in [0.717, 1.165) is 5.56 Å². The van der Waals surface area contributed by atoms with Gasteiger partial charge in [0.05, 0.1) is 5.56 Å². The van der Waals surface area contributed by atoms with Crippen LogP contribution in [0.4, 0.5) is 0 Å². The third kappa shape index (κ3) is 1.74. The van der Waals surface area contributed by atoms with Crippen LogP contribution in [0.5, 0.6) is 0 Å². The molecule has 0 aliphatic heterocycles. The van der Waals surface area contributed by atoms with Gasteiger partial charge in [-0.05, 0) is 6.07 Å². The van der Waals surface area contributed by atoms with Crippen LogP contribution in [0.2, 0.25) is 5.02 Å². The molecule has 2 aromatic rings. The predicted molar refractivity (Wildman–Crippen MR) is 58.2 cm³/mol. The van der Waals surface area contributed by atoms with E-state index in [1.807, 2.05) is 6.07 Å². The highest BCUT2D eigenvalue weighted by atomic mass is 35.5. The first-order valence-electron chi connectivity index (χ1n) is 4.35. The molecular formula is C11H8ClNO2. The molecule has 15 heavy (non-hydrogen) atoms. The smallest absolute Gasteiger partial charge is 0.337 e. The van der Waals surface area contributed by atoms with Gasteiger partial charge < -0.3 is 10.1 Å². The standard InChI is InChI=1S/C11H8ClNO2/c12-10-4-2-1-3-7(10)8-5-13-6-9(8)11(14)15/h1-6,13H,(H,14,15). The summed E-state index contributed by atoms with van der Waals surface area (Å²) in [6, 6.07) is 7.15. The highest BCUT2D eigenvalue weighted by Gasteiger charge is 2.14. The summed E-state index contributed by atoms with van der Waals surface area (Å²) in [5, 5.41) is 9.48. The predicted octanol–water partition coefficient (Wildman–Crippen LogP) is 3.03. The summed E-state index contributed by atoms with van der Waals surface area (Å²) in [4.78, 5) is 13.7. The number of aromatic amines is 1. The number of aromatic carboxylic acids is 1. The van der Waals surface area contributed by atoms with Crippen LogP contribution in [0, 0.1) is 0 Å². The molecule has 76 valence electrons. The molecular weight excluding hydrogens is 214 g/mol. The molecule has 1 aromatic carbocycles. The second-order valence-corrected chi connectivity index (χ2v) is 3.47. The monoisotopic (exact) mass is 221 g/mol. The highest BCUT2D eigenvalue weighted by Crippen LogP contribution is 2.29. The number of hydrogen-bond acceptors (Lipinski definition) is 1. The second-order valence-electron chi connectivity index (χ2n) is 3.07. The zero-order chi connectivity index (χ0) is 10.8. The first-order chi connectivity index (χ1) is 7.20. The van der Waals surface area contributed by atoms with Gasteiger partial charge in [-0.15, -0.1) is 0 Å². The van der Waals surface area contributed by atoms with Crippen molar-refractivity contribution in [2.45, 2.75) is 0 Å². The number of carboxylic acid groups (broad SMARTS) is 1. The van der Waals surface area contributed by atoms with Crippen molar-refractivity contribution >= 4 is 17.6 Å². The van der Waals surface area contributed by atoms with Crippen LogP contribution in [0.3, 0.4) is 0 Å². The Morgan fingerprint density at radius 2 is 1.93 bits per heavy atom. The Kier molecular flexibility index (Phi) is 2.47. The second kappa shape index (κ2) is 3.79. The third-order valence-electron chi connectivity index (χ3n) is 2.14. The van der Waals surface area contributed by atoms with Crippen LogP contribution >= 0.6 is 11.6 Å². The summed E-state index contributed by atoms with van der Waals surface area (Å²) in [5.74, 6) is -0.967. The number of rotatable bonds is 2.